The van der Waals surface area contributed by atoms with Gasteiger partial charge >= 0.3 is 6.11 Å². The number of hydrogen-bond acceptors (Lipinski definition) is 1. The Bertz CT molecular complexity index is 753. The zero-order chi connectivity index (χ0) is 19.4. The topological polar surface area (TPSA) is 9.23 Å². The van der Waals surface area contributed by atoms with Gasteiger partial charge in [-0.15, -0.1) is 0 Å². The maximum Gasteiger partial charge on any atom is 0.398 e. The first-order valence-corrected chi connectivity index (χ1v) is 9.81. The molecule has 0 heterocycles. The van der Waals surface area contributed by atoms with Crippen LogP contribution in [0.4, 0.5) is 13.2 Å². The van der Waals surface area contributed by atoms with E-state index in [-0.39, 0.29) is 17.2 Å². The van der Waals surface area contributed by atoms with Gasteiger partial charge in [0.25, 0.3) is 0 Å². The number of ether oxygens (including phenoxy) is 1. The van der Waals surface area contributed by atoms with Crippen LogP contribution in [0.15, 0.2) is 42.5 Å². The summed E-state index contributed by atoms with van der Waals surface area (Å²) in [6.45, 7) is 2.27. The Kier molecular flexibility index (Phi) is 6.36. The summed E-state index contributed by atoms with van der Waals surface area (Å²) in [5, 5.41) is -0.112. The molecule has 2 aromatic carbocycles. The van der Waals surface area contributed by atoms with Gasteiger partial charge in [-0.2, -0.15) is 8.78 Å². The monoisotopic (exact) mass is 396 g/mol. The van der Waals surface area contributed by atoms with Gasteiger partial charge in [-0.05, 0) is 60.4 Å². The SMILES string of the molecule is CC1CCC(c2ccc(OC(F)(F)CCc3cccc(F)c3Cl)cc2)CC1. The average Bonchev–Trinajstić information content (AvgIpc) is 2.64. The Morgan fingerprint density at radius 1 is 1.04 bits per heavy atom. The lowest BCUT2D eigenvalue weighted by molar-refractivity contribution is -0.180. The fraction of sp³-hybridized carbons (Fsp3) is 0.455. The first-order valence-electron chi connectivity index (χ1n) is 9.44. The highest BCUT2D eigenvalue weighted by atomic mass is 35.5. The predicted octanol–water partition coefficient (Wildman–Crippen LogP) is 7.38. The molecular weight excluding hydrogens is 373 g/mol. The van der Waals surface area contributed by atoms with Gasteiger partial charge in [0.2, 0.25) is 0 Å². The molecule has 0 unspecified atom stereocenters. The van der Waals surface area contributed by atoms with E-state index in [0.29, 0.717) is 11.5 Å². The van der Waals surface area contributed by atoms with Crippen LogP contribution in [-0.2, 0) is 6.42 Å². The van der Waals surface area contributed by atoms with Crippen molar-refractivity contribution in [1.82, 2.24) is 0 Å². The van der Waals surface area contributed by atoms with Gasteiger partial charge in [-0.3, -0.25) is 0 Å². The van der Waals surface area contributed by atoms with Gasteiger partial charge < -0.3 is 4.74 Å². The number of rotatable bonds is 6. The molecule has 0 aliphatic heterocycles. The van der Waals surface area contributed by atoms with Crippen LogP contribution < -0.4 is 4.74 Å². The second-order valence-corrected chi connectivity index (χ2v) is 7.86. The molecule has 1 fully saturated rings. The van der Waals surface area contributed by atoms with Crippen LogP contribution in [-0.4, -0.2) is 6.11 Å². The molecule has 0 amide bonds. The van der Waals surface area contributed by atoms with Gasteiger partial charge in [0.15, 0.2) is 0 Å². The van der Waals surface area contributed by atoms with Crippen molar-refractivity contribution in [2.75, 3.05) is 0 Å². The van der Waals surface area contributed by atoms with Crippen LogP contribution in [0, 0.1) is 11.7 Å². The molecule has 0 radical (unpaired) electrons. The van der Waals surface area contributed by atoms with E-state index in [4.69, 9.17) is 16.3 Å². The van der Waals surface area contributed by atoms with Crippen molar-refractivity contribution in [3.8, 4) is 5.75 Å². The average molecular weight is 397 g/mol. The Balaban J connectivity index is 1.57. The van der Waals surface area contributed by atoms with E-state index in [0.717, 1.165) is 18.8 Å². The summed E-state index contributed by atoms with van der Waals surface area (Å²) in [7, 11) is 0. The van der Waals surface area contributed by atoms with Crippen LogP contribution in [0.5, 0.6) is 5.75 Å². The third-order valence-corrected chi connectivity index (χ3v) is 5.77. The molecule has 1 nitrogen and oxygen atoms in total. The third kappa shape index (κ3) is 5.41. The lowest BCUT2D eigenvalue weighted by Crippen LogP contribution is -2.25. The molecule has 0 N–H and O–H groups in total. The molecule has 0 saturated heterocycles. The van der Waals surface area contributed by atoms with Crippen LogP contribution in [0.3, 0.4) is 0 Å². The van der Waals surface area contributed by atoms with Crippen molar-refractivity contribution < 1.29 is 17.9 Å². The molecule has 0 atom stereocenters. The normalized spacial score (nSPS) is 20.5. The summed E-state index contributed by atoms with van der Waals surface area (Å²) in [5.74, 6) is 0.810. The fourth-order valence-corrected chi connectivity index (χ4v) is 3.87. The molecule has 3 rings (SSSR count). The lowest BCUT2D eigenvalue weighted by Gasteiger charge is -2.26. The second-order valence-electron chi connectivity index (χ2n) is 7.48. The number of alkyl halides is 2. The van der Waals surface area contributed by atoms with Gasteiger partial charge in [-0.1, -0.05) is 55.6 Å². The largest absolute Gasteiger partial charge is 0.433 e. The first kappa shape index (κ1) is 20.1. The standard InChI is InChI=1S/C22H24ClF3O/c1-15-5-7-16(8-6-15)17-9-11-19(12-10-17)27-22(25,26)14-13-18-3-2-4-20(24)21(18)23/h2-4,9-12,15-16H,5-8,13-14H2,1H3. The third-order valence-electron chi connectivity index (χ3n) is 5.35. The Labute approximate surface area is 163 Å². The highest BCUT2D eigenvalue weighted by Crippen LogP contribution is 2.36. The Morgan fingerprint density at radius 2 is 1.70 bits per heavy atom. The van der Waals surface area contributed by atoms with Crippen molar-refractivity contribution in [3.05, 3.63) is 64.4 Å². The van der Waals surface area contributed by atoms with Gasteiger partial charge in [0, 0.05) is 0 Å². The fourth-order valence-electron chi connectivity index (χ4n) is 3.65. The molecule has 27 heavy (non-hydrogen) atoms. The van der Waals surface area contributed by atoms with Gasteiger partial charge in [0.05, 0.1) is 11.4 Å². The minimum absolute atomic E-state index is 0.0675. The molecule has 5 heteroatoms. The Hall–Kier alpha value is -1.68. The van der Waals surface area contributed by atoms with Crippen molar-refractivity contribution >= 4 is 11.6 Å². The molecule has 0 bridgehead atoms. The summed E-state index contributed by atoms with van der Waals surface area (Å²) in [5.41, 5.74) is 1.53. The van der Waals surface area contributed by atoms with E-state index in [1.54, 1.807) is 18.2 Å². The van der Waals surface area contributed by atoms with Crippen LogP contribution >= 0.6 is 11.6 Å². The zero-order valence-corrected chi connectivity index (χ0v) is 16.1. The minimum atomic E-state index is -3.35. The van der Waals surface area contributed by atoms with E-state index in [1.165, 1.54) is 30.5 Å². The number of benzene rings is 2. The Morgan fingerprint density at radius 3 is 2.37 bits per heavy atom. The molecule has 1 aliphatic rings. The van der Waals surface area contributed by atoms with E-state index in [9.17, 15) is 13.2 Å². The van der Waals surface area contributed by atoms with E-state index in [1.807, 2.05) is 12.1 Å². The van der Waals surface area contributed by atoms with Crippen LogP contribution in [0.2, 0.25) is 5.02 Å². The lowest BCUT2D eigenvalue weighted by atomic mass is 9.79. The van der Waals surface area contributed by atoms with Crippen molar-refractivity contribution in [3.63, 3.8) is 0 Å². The maximum atomic E-state index is 14.2. The van der Waals surface area contributed by atoms with Crippen LogP contribution in [0.1, 0.15) is 56.1 Å². The maximum absolute atomic E-state index is 14.2. The van der Waals surface area contributed by atoms with Crippen molar-refractivity contribution in [2.45, 2.75) is 57.5 Å². The molecule has 1 saturated carbocycles. The molecular formula is C22H24ClF3O. The number of aryl methyl sites for hydroxylation is 1. The summed E-state index contributed by atoms with van der Waals surface area (Å²) in [6.07, 6.45) is 0.725. The summed E-state index contributed by atoms with van der Waals surface area (Å²) in [4.78, 5) is 0. The summed E-state index contributed by atoms with van der Waals surface area (Å²) in [6, 6.07) is 11.2. The van der Waals surface area contributed by atoms with Crippen molar-refractivity contribution in [1.29, 1.82) is 0 Å². The number of hydrogen-bond donors (Lipinski definition) is 0. The second kappa shape index (κ2) is 8.55. The van der Waals surface area contributed by atoms with Gasteiger partial charge in [0.1, 0.15) is 11.6 Å². The number of halogens is 4. The summed E-state index contributed by atoms with van der Waals surface area (Å²) < 4.78 is 46.6. The minimum Gasteiger partial charge on any atom is -0.433 e. The summed E-state index contributed by atoms with van der Waals surface area (Å²) >= 11 is 5.82. The predicted molar refractivity (Wildman–Crippen MR) is 102 cm³/mol. The quantitative estimate of drug-likeness (QED) is 0.495. The molecule has 0 spiro atoms. The van der Waals surface area contributed by atoms with Crippen LogP contribution in [0.25, 0.3) is 0 Å². The first-order chi connectivity index (χ1) is 12.8. The van der Waals surface area contributed by atoms with E-state index >= 15 is 0 Å². The van der Waals surface area contributed by atoms with E-state index in [2.05, 4.69) is 6.92 Å². The highest BCUT2D eigenvalue weighted by Gasteiger charge is 2.31. The zero-order valence-electron chi connectivity index (χ0n) is 15.4. The van der Waals surface area contributed by atoms with Gasteiger partial charge in [-0.25, -0.2) is 4.39 Å². The van der Waals surface area contributed by atoms with E-state index < -0.39 is 18.3 Å². The smallest absolute Gasteiger partial charge is 0.398 e. The van der Waals surface area contributed by atoms with Crippen molar-refractivity contribution in [2.24, 2.45) is 5.92 Å². The highest BCUT2D eigenvalue weighted by molar-refractivity contribution is 6.31. The molecule has 2 aromatic rings. The molecule has 0 aromatic heterocycles. The molecule has 1 aliphatic carbocycles. The molecule has 146 valence electrons.